The molecule has 25 heavy (non-hydrogen) atoms. The molecule has 6 heteroatoms. The van der Waals surface area contributed by atoms with E-state index in [1.807, 2.05) is 32.2 Å². The highest BCUT2D eigenvalue weighted by Gasteiger charge is 2.48. The Kier molecular flexibility index (Phi) is 7.22. The largest absolute Gasteiger partial charge is 0.493 e. The number of benzene rings is 1. The second kappa shape index (κ2) is 8.96. The number of hydrogen-bond acceptors (Lipinski definition) is 3. The normalized spacial score (nSPS) is 18.6. The number of nitrogens with one attached hydrogen (secondary N) is 2. The average Bonchev–Trinajstić information content (AvgIpc) is 3.38. The summed E-state index contributed by atoms with van der Waals surface area (Å²) in [5.74, 6) is 3.23. The maximum Gasteiger partial charge on any atom is 0.195 e. The number of halogens is 1. The van der Waals surface area contributed by atoms with Crippen LogP contribution in [0.2, 0.25) is 0 Å². The number of ether oxygens (including phenoxy) is 2. The van der Waals surface area contributed by atoms with E-state index in [1.165, 1.54) is 32.1 Å². The summed E-state index contributed by atoms with van der Waals surface area (Å²) in [4.78, 5) is 4.37. The standard InChI is InChI=1S/C19H29N3O2.HI/c1-4-24-17-12-15(8-9-16(17)23-3)22-18(20-2)21-13-19(10-5-11-19)14-6-7-14;/h8-9,12,14H,4-7,10-11,13H2,1-3H3,(H2,20,21,22);1H. The van der Waals surface area contributed by atoms with Gasteiger partial charge in [-0.05, 0) is 56.1 Å². The summed E-state index contributed by atoms with van der Waals surface area (Å²) >= 11 is 0. The van der Waals surface area contributed by atoms with Crippen LogP contribution < -0.4 is 20.1 Å². The predicted molar refractivity (Wildman–Crippen MR) is 114 cm³/mol. The zero-order valence-electron chi connectivity index (χ0n) is 15.4. The number of anilines is 1. The molecule has 1 aromatic rings. The lowest BCUT2D eigenvalue weighted by atomic mass is 9.65. The molecule has 0 atom stereocenters. The van der Waals surface area contributed by atoms with Gasteiger partial charge in [-0.15, -0.1) is 24.0 Å². The van der Waals surface area contributed by atoms with Crippen molar-refractivity contribution in [1.29, 1.82) is 0 Å². The molecule has 0 spiro atoms. The van der Waals surface area contributed by atoms with Gasteiger partial charge in [-0.25, -0.2) is 0 Å². The van der Waals surface area contributed by atoms with Gasteiger partial charge in [0, 0.05) is 25.3 Å². The molecule has 1 aromatic carbocycles. The molecule has 0 heterocycles. The molecule has 0 aliphatic heterocycles. The first kappa shape index (κ1) is 20.1. The van der Waals surface area contributed by atoms with Crippen LogP contribution in [0, 0.1) is 11.3 Å². The lowest BCUT2D eigenvalue weighted by Crippen LogP contribution is -2.45. The van der Waals surface area contributed by atoms with Gasteiger partial charge in [0.05, 0.1) is 13.7 Å². The third-order valence-corrected chi connectivity index (χ3v) is 5.35. The second-order valence-electron chi connectivity index (χ2n) is 6.84. The Bertz CT molecular complexity index is 598. The van der Waals surface area contributed by atoms with Crippen molar-refractivity contribution < 1.29 is 9.47 Å². The van der Waals surface area contributed by atoms with Gasteiger partial charge in [0.25, 0.3) is 0 Å². The van der Waals surface area contributed by atoms with E-state index in [1.54, 1.807) is 7.11 Å². The first-order valence-corrected chi connectivity index (χ1v) is 8.99. The van der Waals surface area contributed by atoms with Crippen LogP contribution in [0.5, 0.6) is 11.5 Å². The van der Waals surface area contributed by atoms with Crippen LogP contribution in [0.3, 0.4) is 0 Å². The Morgan fingerprint density at radius 1 is 1.28 bits per heavy atom. The van der Waals surface area contributed by atoms with E-state index in [-0.39, 0.29) is 24.0 Å². The molecule has 3 rings (SSSR count). The van der Waals surface area contributed by atoms with Crippen molar-refractivity contribution in [1.82, 2.24) is 5.32 Å². The molecule has 0 unspecified atom stereocenters. The Morgan fingerprint density at radius 3 is 2.56 bits per heavy atom. The molecule has 2 aliphatic rings. The van der Waals surface area contributed by atoms with Crippen LogP contribution in [0.1, 0.15) is 39.0 Å². The van der Waals surface area contributed by atoms with E-state index in [4.69, 9.17) is 9.47 Å². The van der Waals surface area contributed by atoms with E-state index in [2.05, 4.69) is 15.6 Å². The van der Waals surface area contributed by atoms with Gasteiger partial charge in [0.1, 0.15) is 0 Å². The summed E-state index contributed by atoms with van der Waals surface area (Å²) < 4.78 is 11.0. The summed E-state index contributed by atoms with van der Waals surface area (Å²) in [6.45, 7) is 3.60. The number of methoxy groups -OCH3 is 1. The summed E-state index contributed by atoms with van der Waals surface area (Å²) in [5.41, 5.74) is 1.47. The molecule has 0 bridgehead atoms. The Morgan fingerprint density at radius 2 is 2.04 bits per heavy atom. The minimum Gasteiger partial charge on any atom is -0.493 e. The van der Waals surface area contributed by atoms with Crippen molar-refractivity contribution >= 4 is 35.6 Å². The smallest absolute Gasteiger partial charge is 0.195 e. The van der Waals surface area contributed by atoms with Crippen LogP contribution in [-0.4, -0.2) is 33.3 Å². The minimum atomic E-state index is 0. The van der Waals surface area contributed by atoms with E-state index >= 15 is 0 Å². The third-order valence-electron chi connectivity index (χ3n) is 5.35. The van der Waals surface area contributed by atoms with Crippen LogP contribution in [0.15, 0.2) is 23.2 Å². The molecular formula is C19H30IN3O2. The van der Waals surface area contributed by atoms with Gasteiger partial charge in [-0.2, -0.15) is 0 Å². The summed E-state index contributed by atoms with van der Waals surface area (Å²) in [7, 11) is 3.47. The fraction of sp³-hybridized carbons (Fsp3) is 0.632. The van der Waals surface area contributed by atoms with Crippen molar-refractivity contribution in [3.05, 3.63) is 18.2 Å². The maximum atomic E-state index is 5.64. The number of nitrogens with zero attached hydrogens (tertiary/aromatic N) is 1. The molecule has 2 fully saturated rings. The van der Waals surface area contributed by atoms with Gasteiger partial charge in [-0.3, -0.25) is 4.99 Å². The van der Waals surface area contributed by atoms with E-state index in [0.717, 1.165) is 35.6 Å². The highest BCUT2D eigenvalue weighted by atomic mass is 127. The molecule has 5 nitrogen and oxygen atoms in total. The zero-order chi connectivity index (χ0) is 17.0. The van der Waals surface area contributed by atoms with E-state index in [0.29, 0.717) is 12.0 Å². The summed E-state index contributed by atoms with van der Waals surface area (Å²) in [6, 6.07) is 5.85. The molecule has 2 saturated carbocycles. The van der Waals surface area contributed by atoms with E-state index in [9.17, 15) is 0 Å². The third kappa shape index (κ3) is 4.71. The van der Waals surface area contributed by atoms with Crippen molar-refractivity contribution in [2.45, 2.75) is 39.0 Å². The van der Waals surface area contributed by atoms with Gasteiger partial charge in [0.15, 0.2) is 17.5 Å². The fourth-order valence-corrected chi connectivity index (χ4v) is 3.65. The maximum absolute atomic E-state index is 5.64. The van der Waals surface area contributed by atoms with Crippen molar-refractivity contribution in [2.75, 3.05) is 32.6 Å². The number of rotatable bonds is 7. The highest BCUT2D eigenvalue weighted by Crippen LogP contribution is 2.56. The van der Waals surface area contributed by atoms with Crippen molar-refractivity contribution in [3.8, 4) is 11.5 Å². The highest BCUT2D eigenvalue weighted by molar-refractivity contribution is 14.0. The molecule has 0 amide bonds. The number of hydrogen-bond donors (Lipinski definition) is 2. The van der Waals surface area contributed by atoms with Crippen molar-refractivity contribution in [2.24, 2.45) is 16.3 Å². The SMILES string of the molecule is CCOc1cc(NC(=NC)NCC2(C3CC3)CCC2)ccc1OC.I. The summed E-state index contributed by atoms with van der Waals surface area (Å²) in [5, 5.41) is 6.89. The lowest BCUT2D eigenvalue weighted by Gasteiger charge is -2.43. The van der Waals surface area contributed by atoms with Crippen LogP contribution >= 0.6 is 24.0 Å². The number of guanidine groups is 1. The first-order valence-electron chi connectivity index (χ1n) is 8.99. The molecule has 0 saturated heterocycles. The van der Waals surface area contributed by atoms with Crippen molar-refractivity contribution in [3.63, 3.8) is 0 Å². The Balaban J connectivity index is 0.00000225. The summed E-state index contributed by atoms with van der Waals surface area (Å²) in [6.07, 6.45) is 6.91. The quantitative estimate of drug-likeness (QED) is 0.363. The molecule has 0 aromatic heterocycles. The first-order chi connectivity index (χ1) is 11.7. The predicted octanol–water partition coefficient (Wildman–Crippen LogP) is 4.28. The average molecular weight is 459 g/mol. The zero-order valence-corrected chi connectivity index (χ0v) is 17.8. The van der Waals surface area contributed by atoms with Gasteiger partial charge < -0.3 is 20.1 Å². The van der Waals surface area contributed by atoms with E-state index < -0.39 is 0 Å². The lowest BCUT2D eigenvalue weighted by molar-refractivity contribution is 0.106. The van der Waals surface area contributed by atoms with Gasteiger partial charge >= 0.3 is 0 Å². The second-order valence-corrected chi connectivity index (χ2v) is 6.84. The Labute approximate surface area is 168 Å². The minimum absolute atomic E-state index is 0. The molecular weight excluding hydrogens is 429 g/mol. The van der Waals surface area contributed by atoms with Crippen LogP contribution in [0.4, 0.5) is 5.69 Å². The molecule has 2 N–H and O–H groups in total. The fourth-order valence-electron chi connectivity index (χ4n) is 3.65. The molecule has 0 radical (unpaired) electrons. The van der Waals surface area contributed by atoms with Crippen LogP contribution in [0.25, 0.3) is 0 Å². The molecule has 140 valence electrons. The topological polar surface area (TPSA) is 54.9 Å². The van der Waals surface area contributed by atoms with Crippen LogP contribution in [-0.2, 0) is 0 Å². The van der Waals surface area contributed by atoms with Gasteiger partial charge in [0.2, 0.25) is 0 Å². The number of aliphatic imine (C=N–C) groups is 1. The monoisotopic (exact) mass is 459 g/mol. The van der Waals surface area contributed by atoms with Gasteiger partial charge in [-0.1, -0.05) is 6.42 Å². The molecule has 2 aliphatic carbocycles. The Hall–Kier alpha value is -1.18.